The lowest BCUT2D eigenvalue weighted by Crippen LogP contribution is -2.31. The predicted octanol–water partition coefficient (Wildman–Crippen LogP) is 0.309. The third-order valence-electron chi connectivity index (χ3n) is 3.38. The molecule has 2 bridgehead atoms. The molecule has 3 aliphatic heterocycles. The lowest BCUT2D eigenvalue weighted by atomic mass is 9.81. The molecule has 0 aliphatic carbocycles. The molecule has 0 N–H and O–H groups in total. The molecule has 0 aromatic carbocycles. The van der Waals surface area contributed by atoms with Crippen LogP contribution in [0.5, 0.6) is 0 Å². The zero-order chi connectivity index (χ0) is 9.00. The summed E-state index contributed by atoms with van der Waals surface area (Å²) < 4.78 is 15.9. The van der Waals surface area contributed by atoms with E-state index >= 15 is 0 Å². The Morgan fingerprint density at radius 1 is 1.38 bits per heavy atom. The molecule has 3 rings (SSSR count). The molecular formula is C9H12O4. The third-order valence-corrected chi connectivity index (χ3v) is 3.38. The molecular weight excluding hydrogens is 172 g/mol. The number of ether oxygens (including phenoxy) is 3. The van der Waals surface area contributed by atoms with Gasteiger partial charge in [-0.05, 0) is 12.8 Å². The van der Waals surface area contributed by atoms with E-state index < -0.39 is 0 Å². The number of carbonyl (C=O) groups excluding carboxylic acids is 1. The van der Waals surface area contributed by atoms with Gasteiger partial charge in [0.2, 0.25) is 6.29 Å². The molecule has 3 saturated heterocycles. The molecule has 0 saturated carbocycles. The zero-order valence-corrected chi connectivity index (χ0v) is 7.43. The average Bonchev–Trinajstić information content (AvgIpc) is 2.76. The molecule has 13 heavy (non-hydrogen) atoms. The van der Waals surface area contributed by atoms with Gasteiger partial charge >= 0.3 is 5.97 Å². The first-order valence-corrected chi connectivity index (χ1v) is 4.70. The van der Waals surface area contributed by atoms with Gasteiger partial charge in [0.25, 0.3) is 0 Å². The van der Waals surface area contributed by atoms with Gasteiger partial charge in [-0.3, -0.25) is 4.79 Å². The Labute approximate surface area is 76.1 Å². The van der Waals surface area contributed by atoms with Crippen LogP contribution >= 0.6 is 0 Å². The molecule has 1 unspecified atom stereocenters. The Bertz CT molecular complexity index is 252. The molecule has 0 aromatic heterocycles. The topological polar surface area (TPSA) is 44.8 Å². The van der Waals surface area contributed by atoms with Gasteiger partial charge in [-0.25, -0.2) is 0 Å². The van der Waals surface area contributed by atoms with Gasteiger partial charge in [0.1, 0.15) is 0 Å². The minimum atomic E-state index is -0.368. The Morgan fingerprint density at radius 2 is 2.15 bits per heavy atom. The summed E-state index contributed by atoms with van der Waals surface area (Å²) >= 11 is 0. The molecule has 3 aliphatic rings. The van der Waals surface area contributed by atoms with Crippen molar-refractivity contribution in [3.8, 4) is 0 Å². The number of hydrogen-bond donors (Lipinski definition) is 0. The first-order chi connectivity index (χ1) is 6.31. The fraction of sp³-hybridized carbons (Fsp3) is 0.889. The van der Waals surface area contributed by atoms with Crippen molar-refractivity contribution >= 4 is 5.97 Å². The number of cyclic esters (lactones) is 1. The maximum Gasteiger partial charge on any atom is 0.314 e. The molecule has 0 aromatic rings. The Morgan fingerprint density at radius 3 is 2.92 bits per heavy atom. The van der Waals surface area contributed by atoms with Crippen LogP contribution < -0.4 is 0 Å². The van der Waals surface area contributed by atoms with E-state index in [1.54, 1.807) is 7.11 Å². The summed E-state index contributed by atoms with van der Waals surface area (Å²) in [6.07, 6.45) is 1.96. The number of fused-ring (bicyclic) bond motifs is 5. The molecule has 4 nitrogen and oxygen atoms in total. The molecule has 72 valence electrons. The molecule has 3 fully saturated rings. The highest BCUT2D eigenvalue weighted by Crippen LogP contribution is 2.49. The molecule has 3 heterocycles. The standard InChI is InChI=1S/C9H12O4/c1-11-9-7-5-3-2-4(12-5)6(7)8(10)13-9/h4-7,9H,2-3H2,1H3/t4-,5+,6-,7+,9?/m1/s1. The van der Waals surface area contributed by atoms with E-state index in [1.165, 1.54) is 0 Å². The summed E-state index contributed by atoms with van der Waals surface area (Å²) in [6.45, 7) is 0. The van der Waals surface area contributed by atoms with Gasteiger partial charge in [0.15, 0.2) is 0 Å². The van der Waals surface area contributed by atoms with Gasteiger partial charge in [0.05, 0.1) is 24.0 Å². The first-order valence-electron chi connectivity index (χ1n) is 4.70. The largest absolute Gasteiger partial charge is 0.435 e. The second-order valence-corrected chi connectivity index (χ2v) is 3.93. The van der Waals surface area contributed by atoms with Crippen molar-refractivity contribution < 1.29 is 19.0 Å². The van der Waals surface area contributed by atoms with Crippen molar-refractivity contribution in [2.24, 2.45) is 11.8 Å². The summed E-state index contributed by atoms with van der Waals surface area (Å²) in [5, 5.41) is 0. The average molecular weight is 184 g/mol. The van der Waals surface area contributed by atoms with Gasteiger partial charge < -0.3 is 14.2 Å². The van der Waals surface area contributed by atoms with Crippen molar-refractivity contribution in [2.75, 3.05) is 7.11 Å². The highest BCUT2D eigenvalue weighted by molar-refractivity contribution is 5.76. The van der Waals surface area contributed by atoms with Crippen molar-refractivity contribution in [3.05, 3.63) is 0 Å². The maximum absolute atomic E-state index is 11.4. The fourth-order valence-electron chi connectivity index (χ4n) is 2.85. The summed E-state index contributed by atoms with van der Waals surface area (Å²) in [6, 6.07) is 0. The minimum absolute atomic E-state index is 0.0521. The minimum Gasteiger partial charge on any atom is -0.435 e. The zero-order valence-electron chi connectivity index (χ0n) is 7.43. The smallest absolute Gasteiger partial charge is 0.314 e. The second-order valence-electron chi connectivity index (χ2n) is 3.93. The molecule has 0 radical (unpaired) electrons. The van der Waals surface area contributed by atoms with Crippen LogP contribution in [0.2, 0.25) is 0 Å². The van der Waals surface area contributed by atoms with Crippen LogP contribution in [0.15, 0.2) is 0 Å². The highest BCUT2D eigenvalue weighted by Gasteiger charge is 2.61. The predicted molar refractivity (Wildman–Crippen MR) is 41.8 cm³/mol. The SMILES string of the molecule is COC1OC(=O)[C@H]2[C@@H]1[C@@H]1CC[C@H]2O1. The van der Waals surface area contributed by atoms with E-state index in [9.17, 15) is 4.79 Å². The van der Waals surface area contributed by atoms with E-state index in [-0.39, 0.29) is 36.3 Å². The van der Waals surface area contributed by atoms with Crippen molar-refractivity contribution in [3.63, 3.8) is 0 Å². The number of hydrogen-bond acceptors (Lipinski definition) is 4. The van der Waals surface area contributed by atoms with Crippen LogP contribution in [0, 0.1) is 11.8 Å². The highest BCUT2D eigenvalue weighted by atomic mass is 16.7. The first kappa shape index (κ1) is 7.76. The second kappa shape index (κ2) is 2.45. The Kier molecular flexibility index (Phi) is 1.46. The fourth-order valence-corrected chi connectivity index (χ4v) is 2.85. The monoisotopic (exact) mass is 184 g/mol. The Hall–Kier alpha value is -0.610. The van der Waals surface area contributed by atoms with Gasteiger partial charge in [-0.2, -0.15) is 0 Å². The number of rotatable bonds is 1. The summed E-state index contributed by atoms with van der Waals surface area (Å²) in [5.41, 5.74) is 0. The van der Waals surface area contributed by atoms with Gasteiger partial charge in [0, 0.05) is 7.11 Å². The van der Waals surface area contributed by atoms with Crippen LogP contribution in [-0.2, 0) is 19.0 Å². The third kappa shape index (κ3) is 0.849. The van der Waals surface area contributed by atoms with E-state index in [0.717, 1.165) is 12.8 Å². The number of methoxy groups -OCH3 is 1. The van der Waals surface area contributed by atoms with Crippen LogP contribution in [0.4, 0.5) is 0 Å². The molecule has 0 spiro atoms. The molecule has 4 heteroatoms. The van der Waals surface area contributed by atoms with Crippen LogP contribution in [0.3, 0.4) is 0 Å². The van der Waals surface area contributed by atoms with Gasteiger partial charge in [-0.15, -0.1) is 0 Å². The van der Waals surface area contributed by atoms with Crippen LogP contribution in [-0.4, -0.2) is 31.6 Å². The maximum atomic E-state index is 11.4. The summed E-state index contributed by atoms with van der Waals surface area (Å²) in [7, 11) is 1.58. The van der Waals surface area contributed by atoms with Crippen molar-refractivity contribution in [1.82, 2.24) is 0 Å². The van der Waals surface area contributed by atoms with Crippen molar-refractivity contribution in [1.29, 1.82) is 0 Å². The lowest BCUT2D eigenvalue weighted by Gasteiger charge is -2.20. The van der Waals surface area contributed by atoms with E-state index in [2.05, 4.69) is 0 Å². The molecule has 5 atom stereocenters. The summed E-state index contributed by atoms with van der Waals surface area (Å²) in [5.74, 6) is -0.0380. The van der Waals surface area contributed by atoms with E-state index in [4.69, 9.17) is 14.2 Å². The Balaban J connectivity index is 1.92. The summed E-state index contributed by atoms with van der Waals surface area (Å²) in [4.78, 5) is 11.4. The molecule has 0 amide bonds. The van der Waals surface area contributed by atoms with Gasteiger partial charge in [-0.1, -0.05) is 0 Å². The van der Waals surface area contributed by atoms with Crippen LogP contribution in [0.25, 0.3) is 0 Å². The van der Waals surface area contributed by atoms with Crippen molar-refractivity contribution in [2.45, 2.75) is 31.3 Å². The number of esters is 1. The van der Waals surface area contributed by atoms with E-state index in [0.29, 0.717) is 0 Å². The normalized spacial score (nSPS) is 52.4. The number of carbonyl (C=O) groups is 1. The van der Waals surface area contributed by atoms with E-state index in [1.807, 2.05) is 0 Å². The quantitative estimate of drug-likeness (QED) is 0.550. The van der Waals surface area contributed by atoms with Crippen LogP contribution in [0.1, 0.15) is 12.8 Å². The lowest BCUT2D eigenvalue weighted by molar-refractivity contribution is -0.168.